The molecule has 0 aromatic heterocycles. The molecule has 2 aromatic carbocycles. The van der Waals surface area contributed by atoms with Gasteiger partial charge in [0.05, 0.1) is 18.3 Å². The van der Waals surface area contributed by atoms with E-state index in [1.807, 2.05) is 42.5 Å². The molecule has 3 atom stereocenters. The first-order valence-corrected chi connectivity index (χ1v) is 8.99. The van der Waals surface area contributed by atoms with Gasteiger partial charge in [-0.25, -0.2) is 0 Å². The number of nitrogens with one attached hydrogen (secondary N) is 1. The molecule has 2 fully saturated rings. The second-order valence-electron chi connectivity index (χ2n) is 6.76. The zero-order chi connectivity index (χ0) is 17.1. The van der Waals surface area contributed by atoms with Crippen molar-refractivity contribution in [2.24, 2.45) is 5.92 Å². The van der Waals surface area contributed by atoms with Crippen molar-refractivity contribution in [1.29, 1.82) is 0 Å². The summed E-state index contributed by atoms with van der Waals surface area (Å²) in [7, 11) is 0. The number of rotatable bonds is 6. The van der Waals surface area contributed by atoms with E-state index >= 15 is 0 Å². The van der Waals surface area contributed by atoms with Crippen LogP contribution in [-0.2, 0) is 11.2 Å². The van der Waals surface area contributed by atoms with Gasteiger partial charge in [0, 0.05) is 25.0 Å². The summed E-state index contributed by atoms with van der Waals surface area (Å²) in [5.74, 6) is 1.08. The number of ether oxygens (including phenoxy) is 2. The number of para-hydroxylation sites is 1. The maximum Gasteiger partial charge on any atom is 0.255 e. The van der Waals surface area contributed by atoms with Crippen molar-refractivity contribution in [3.05, 3.63) is 65.7 Å². The average Bonchev–Trinajstić information content (AvgIpc) is 3.02. The normalized spacial score (nSPS) is 24.2. The van der Waals surface area contributed by atoms with Gasteiger partial charge in [-0.1, -0.05) is 42.5 Å². The minimum absolute atomic E-state index is 0.0503. The van der Waals surface area contributed by atoms with E-state index in [0.717, 1.165) is 25.9 Å². The molecule has 0 unspecified atom stereocenters. The zero-order valence-electron chi connectivity index (χ0n) is 14.2. The lowest BCUT2D eigenvalue weighted by atomic mass is 9.76. The van der Waals surface area contributed by atoms with Crippen molar-refractivity contribution < 1.29 is 14.3 Å². The van der Waals surface area contributed by atoms with Crippen LogP contribution in [0.25, 0.3) is 0 Å². The Morgan fingerprint density at radius 3 is 2.76 bits per heavy atom. The SMILES string of the molecule is O=C(N[C@@H]1C[C@H]2OCC[C@@H]12)c1ccccc1OCCc1ccccc1. The summed E-state index contributed by atoms with van der Waals surface area (Å²) in [6, 6.07) is 17.9. The lowest BCUT2D eigenvalue weighted by Crippen LogP contribution is -2.53. The van der Waals surface area contributed by atoms with Crippen LogP contribution in [0.5, 0.6) is 5.75 Å². The van der Waals surface area contributed by atoms with Gasteiger partial charge in [-0.3, -0.25) is 4.79 Å². The summed E-state index contributed by atoms with van der Waals surface area (Å²) in [5.41, 5.74) is 1.84. The highest BCUT2D eigenvalue weighted by molar-refractivity contribution is 5.97. The predicted octanol–water partition coefficient (Wildman–Crippen LogP) is 3.22. The molecule has 25 heavy (non-hydrogen) atoms. The van der Waals surface area contributed by atoms with Crippen LogP contribution in [0, 0.1) is 5.92 Å². The molecule has 0 spiro atoms. The molecule has 4 rings (SSSR count). The lowest BCUT2D eigenvalue weighted by molar-refractivity contribution is 0.00806. The van der Waals surface area contributed by atoms with Crippen LogP contribution in [0.3, 0.4) is 0 Å². The van der Waals surface area contributed by atoms with Crippen LogP contribution in [0.1, 0.15) is 28.8 Å². The molecule has 1 N–H and O–H groups in total. The van der Waals surface area contributed by atoms with E-state index in [1.54, 1.807) is 0 Å². The second-order valence-corrected chi connectivity index (χ2v) is 6.76. The Balaban J connectivity index is 1.36. The van der Waals surface area contributed by atoms with Gasteiger partial charge in [-0.2, -0.15) is 0 Å². The quantitative estimate of drug-likeness (QED) is 0.880. The highest BCUT2D eigenvalue weighted by Crippen LogP contribution is 2.38. The molecule has 0 bridgehead atoms. The van der Waals surface area contributed by atoms with Gasteiger partial charge >= 0.3 is 0 Å². The highest BCUT2D eigenvalue weighted by Gasteiger charge is 2.45. The Hall–Kier alpha value is -2.33. The van der Waals surface area contributed by atoms with Gasteiger partial charge in [0.15, 0.2) is 0 Å². The number of fused-ring (bicyclic) bond motifs is 1. The molecule has 1 heterocycles. The van der Waals surface area contributed by atoms with Crippen LogP contribution >= 0.6 is 0 Å². The van der Waals surface area contributed by atoms with Crippen LogP contribution < -0.4 is 10.1 Å². The summed E-state index contributed by atoms with van der Waals surface area (Å²) >= 11 is 0. The summed E-state index contributed by atoms with van der Waals surface area (Å²) in [4.78, 5) is 12.7. The maximum atomic E-state index is 12.7. The minimum Gasteiger partial charge on any atom is -0.492 e. The van der Waals surface area contributed by atoms with Crippen molar-refractivity contribution in [2.45, 2.75) is 31.4 Å². The van der Waals surface area contributed by atoms with E-state index < -0.39 is 0 Å². The summed E-state index contributed by atoms with van der Waals surface area (Å²) in [6.45, 7) is 1.37. The first kappa shape index (κ1) is 16.2. The smallest absolute Gasteiger partial charge is 0.255 e. The van der Waals surface area contributed by atoms with Crippen molar-refractivity contribution in [3.63, 3.8) is 0 Å². The number of carbonyl (C=O) groups excluding carboxylic acids is 1. The Kier molecular flexibility index (Phi) is 4.70. The first-order chi connectivity index (χ1) is 12.3. The Bertz CT molecular complexity index is 731. The molecule has 1 aliphatic carbocycles. The topological polar surface area (TPSA) is 47.6 Å². The van der Waals surface area contributed by atoms with E-state index in [2.05, 4.69) is 17.4 Å². The molecule has 4 heteroatoms. The van der Waals surface area contributed by atoms with Crippen LogP contribution in [-0.4, -0.2) is 31.3 Å². The van der Waals surface area contributed by atoms with Crippen molar-refractivity contribution in [3.8, 4) is 5.75 Å². The Morgan fingerprint density at radius 1 is 1.12 bits per heavy atom. The molecule has 1 saturated carbocycles. The molecule has 1 aliphatic heterocycles. The van der Waals surface area contributed by atoms with Crippen LogP contribution in [0.4, 0.5) is 0 Å². The lowest BCUT2D eigenvalue weighted by Gasteiger charge is -2.39. The summed E-state index contributed by atoms with van der Waals surface area (Å²) < 4.78 is 11.5. The fourth-order valence-electron chi connectivity index (χ4n) is 3.71. The maximum absolute atomic E-state index is 12.7. The number of benzene rings is 2. The van der Waals surface area contributed by atoms with Crippen molar-refractivity contribution >= 4 is 5.91 Å². The molecular formula is C21H23NO3. The Labute approximate surface area is 148 Å². The largest absolute Gasteiger partial charge is 0.492 e. The fourth-order valence-corrected chi connectivity index (χ4v) is 3.71. The number of carbonyl (C=O) groups is 1. The molecule has 2 aromatic rings. The molecule has 1 saturated heterocycles. The van der Waals surface area contributed by atoms with E-state index in [0.29, 0.717) is 29.9 Å². The average molecular weight is 337 g/mol. The van der Waals surface area contributed by atoms with E-state index in [1.165, 1.54) is 5.56 Å². The van der Waals surface area contributed by atoms with Gasteiger partial charge in [-0.15, -0.1) is 0 Å². The predicted molar refractivity (Wildman–Crippen MR) is 95.8 cm³/mol. The van der Waals surface area contributed by atoms with Gasteiger partial charge in [0.25, 0.3) is 5.91 Å². The molecule has 1 amide bonds. The first-order valence-electron chi connectivity index (χ1n) is 8.99. The van der Waals surface area contributed by atoms with Crippen LogP contribution in [0.15, 0.2) is 54.6 Å². The highest BCUT2D eigenvalue weighted by atomic mass is 16.5. The molecule has 0 radical (unpaired) electrons. The van der Waals surface area contributed by atoms with Crippen molar-refractivity contribution in [1.82, 2.24) is 5.32 Å². The number of hydrogen-bond acceptors (Lipinski definition) is 3. The summed E-state index contributed by atoms with van der Waals surface area (Å²) in [5, 5.41) is 3.15. The van der Waals surface area contributed by atoms with Gasteiger partial charge in [0.2, 0.25) is 0 Å². The monoisotopic (exact) mass is 337 g/mol. The van der Waals surface area contributed by atoms with Gasteiger partial charge in [0.1, 0.15) is 5.75 Å². The molecule has 130 valence electrons. The fraction of sp³-hybridized carbons (Fsp3) is 0.381. The standard InChI is InChI=1S/C21H23NO3/c23-21(22-18-14-20-16(18)11-13-25-20)17-8-4-5-9-19(17)24-12-10-15-6-2-1-3-7-15/h1-9,16,18,20H,10-14H2,(H,22,23)/t16-,18+,20+/m0/s1. The molecular weight excluding hydrogens is 314 g/mol. The van der Waals surface area contributed by atoms with Gasteiger partial charge in [-0.05, 0) is 30.5 Å². The molecule has 4 nitrogen and oxygen atoms in total. The summed E-state index contributed by atoms with van der Waals surface area (Å²) in [6.07, 6.45) is 3.14. The molecule has 2 aliphatic rings. The zero-order valence-corrected chi connectivity index (χ0v) is 14.2. The van der Waals surface area contributed by atoms with Crippen LogP contribution in [0.2, 0.25) is 0 Å². The van der Waals surface area contributed by atoms with E-state index in [4.69, 9.17) is 9.47 Å². The number of hydrogen-bond donors (Lipinski definition) is 1. The number of amides is 1. The second kappa shape index (κ2) is 7.28. The van der Waals surface area contributed by atoms with E-state index in [9.17, 15) is 4.79 Å². The minimum atomic E-state index is -0.0503. The third-order valence-electron chi connectivity index (χ3n) is 5.20. The van der Waals surface area contributed by atoms with Gasteiger partial charge < -0.3 is 14.8 Å². The Morgan fingerprint density at radius 2 is 1.92 bits per heavy atom. The van der Waals surface area contributed by atoms with E-state index in [-0.39, 0.29) is 11.9 Å². The van der Waals surface area contributed by atoms with Crippen molar-refractivity contribution in [2.75, 3.05) is 13.2 Å². The third kappa shape index (κ3) is 3.54. The third-order valence-corrected chi connectivity index (χ3v) is 5.20.